The Bertz CT molecular complexity index is 732. The number of para-hydroxylation sites is 1. The van der Waals surface area contributed by atoms with Crippen LogP contribution in [-0.2, 0) is 0 Å². The van der Waals surface area contributed by atoms with Gasteiger partial charge in [0.15, 0.2) is 0 Å². The summed E-state index contributed by atoms with van der Waals surface area (Å²) in [5, 5.41) is 13.9. The SMILES string of the molecule is O=C(NCCC(O)c1ccccc1)c1cc2ccccc2[nH]1. The molecule has 22 heavy (non-hydrogen) atoms. The molecule has 3 aromatic rings. The molecule has 0 radical (unpaired) electrons. The van der Waals surface area contributed by atoms with Gasteiger partial charge in [-0.3, -0.25) is 4.79 Å². The summed E-state index contributed by atoms with van der Waals surface area (Å²) in [6.07, 6.45) is -0.0834. The van der Waals surface area contributed by atoms with Crippen molar-refractivity contribution in [1.29, 1.82) is 0 Å². The summed E-state index contributed by atoms with van der Waals surface area (Å²) in [4.78, 5) is 15.2. The molecule has 0 spiro atoms. The highest BCUT2D eigenvalue weighted by atomic mass is 16.3. The van der Waals surface area contributed by atoms with Gasteiger partial charge in [0.05, 0.1) is 6.10 Å². The highest BCUT2D eigenvalue weighted by Crippen LogP contribution is 2.16. The zero-order valence-electron chi connectivity index (χ0n) is 12.1. The monoisotopic (exact) mass is 294 g/mol. The Kier molecular flexibility index (Phi) is 4.21. The van der Waals surface area contributed by atoms with E-state index >= 15 is 0 Å². The topological polar surface area (TPSA) is 65.1 Å². The number of aliphatic hydroxyl groups excluding tert-OH is 1. The lowest BCUT2D eigenvalue weighted by atomic mass is 10.1. The summed E-state index contributed by atoms with van der Waals surface area (Å²) < 4.78 is 0. The Morgan fingerprint density at radius 3 is 2.59 bits per heavy atom. The summed E-state index contributed by atoms with van der Waals surface area (Å²) in [6.45, 7) is 0.421. The van der Waals surface area contributed by atoms with E-state index in [1.807, 2.05) is 60.7 Å². The molecule has 1 unspecified atom stereocenters. The fourth-order valence-electron chi connectivity index (χ4n) is 2.46. The second-order valence-electron chi connectivity index (χ2n) is 5.24. The molecule has 3 rings (SSSR count). The quantitative estimate of drug-likeness (QED) is 0.677. The van der Waals surface area contributed by atoms with Crippen molar-refractivity contribution in [3.8, 4) is 0 Å². The number of fused-ring (bicyclic) bond motifs is 1. The lowest BCUT2D eigenvalue weighted by Crippen LogP contribution is -2.25. The first-order valence-corrected chi connectivity index (χ1v) is 7.33. The number of aliphatic hydroxyl groups is 1. The number of benzene rings is 2. The molecule has 0 aliphatic carbocycles. The van der Waals surface area contributed by atoms with Gasteiger partial charge in [0.1, 0.15) is 5.69 Å². The van der Waals surface area contributed by atoms with Gasteiger partial charge in [0, 0.05) is 17.4 Å². The number of amides is 1. The van der Waals surface area contributed by atoms with Crippen molar-refractivity contribution < 1.29 is 9.90 Å². The third-order valence-corrected chi connectivity index (χ3v) is 3.66. The van der Waals surface area contributed by atoms with Crippen molar-refractivity contribution in [2.75, 3.05) is 6.54 Å². The number of hydrogen-bond donors (Lipinski definition) is 3. The molecule has 1 aromatic heterocycles. The number of nitrogens with one attached hydrogen (secondary N) is 2. The van der Waals surface area contributed by atoms with Gasteiger partial charge in [-0.2, -0.15) is 0 Å². The van der Waals surface area contributed by atoms with Gasteiger partial charge in [-0.15, -0.1) is 0 Å². The summed E-state index contributed by atoms with van der Waals surface area (Å²) in [7, 11) is 0. The molecule has 0 bridgehead atoms. The number of H-pyrrole nitrogens is 1. The van der Waals surface area contributed by atoms with Crippen LogP contribution in [0.1, 0.15) is 28.6 Å². The van der Waals surface area contributed by atoms with Crippen LogP contribution in [0.3, 0.4) is 0 Å². The normalized spacial score (nSPS) is 12.2. The van der Waals surface area contributed by atoms with Crippen molar-refractivity contribution in [3.05, 3.63) is 71.9 Å². The van der Waals surface area contributed by atoms with E-state index in [4.69, 9.17) is 0 Å². The molecule has 3 N–H and O–H groups in total. The molecule has 112 valence electrons. The number of aromatic amines is 1. The van der Waals surface area contributed by atoms with Gasteiger partial charge in [0.2, 0.25) is 0 Å². The average molecular weight is 294 g/mol. The van der Waals surface area contributed by atoms with Crippen LogP contribution in [0, 0.1) is 0 Å². The van der Waals surface area contributed by atoms with Crippen LogP contribution in [-0.4, -0.2) is 22.5 Å². The van der Waals surface area contributed by atoms with Crippen molar-refractivity contribution >= 4 is 16.8 Å². The molecule has 2 aromatic carbocycles. The number of hydrogen-bond acceptors (Lipinski definition) is 2. The highest BCUT2D eigenvalue weighted by molar-refractivity contribution is 5.97. The highest BCUT2D eigenvalue weighted by Gasteiger charge is 2.11. The first-order chi connectivity index (χ1) is 10.7. The zero-order valence-corrected chi connectivity index (χ0v) is 12.1. The van der Waals surface area contributed by atoms with Gasteiger partial charge in [0.25, 0.3) is 5.91 Å². The van der Waals surface area contributed by atoms with Crippen molar-refractivity contribution in [2.24, 2.45) is 0 Å². The van der Waals surface area contributed by atoms with Crippen LogP contribution in [0.15, 0.2) is 60.7 Å². The van der Waals surface area contributed by atoms with E-state index in [0.29, 0.717) is 18.7 Å². The van der Waals surface area contributed by atoms with Gasteiger partial charge >= 0.3 is 0 Å². The molecule has 0 aliphatic heterocycles. The first-order valence-electron chi connectivity index (χ1n) is 7.33. The van der Waals surface area contributed by atoms with E-state index in [1.54, 1.807) is 0 Å². The Morgan fingerprint density at radius 2 is 1.82 bits per heavy atom. The molecule has 0 saturated heterocycles. The predicted octanol–water partition coefficient (Wildman–Crippen LogP) is 3.02. The van der Waals surface area contributed by atoms with E-state index in [2.05, 4.69) is 10.3 Å². The number of carbonyl (C=O) groups excluding carboxylic acids is 1. The second-order valence-corrected chi connectivity index (χ2v) is 5.24. The average Bonchev–Trinajstić information content (AvgIpc) is 2.99. The van der Waals surface area contributed by atoms with Crippen LogP contribution >= 0.6 is 0 Å². The minimum Gasteiger partial charge on any atom is -0.388 e. The summed E-state index contributed by atoms with van der Waals surface area (Å²) in [5.41, 5.74) is 2.34. The molecule has 0 fully saturated rings. The van der Waals surface area contributed by atoms with Gasteiger partial charge in [-0.1, -0.05) is 48.5 Å². The van der Waals surface area contributed by atoms with Crippen LogP contribution in [0.2, 0.25) is 0 Å². The standard InChI is InChI=1S/C18H18N2O2/c21-17(13-6-2-1-3-7-13)10-11-19-18(22)16-12-14-8-4-5-9-15(14)20-16/h1-9,12,17,20-21H,10-11H2,(H,19,22). The number of carbonyl (C=O) groups is 1. The minimum absolute atomic E-state index is 0.156. The van der Waals surface area contributed by atoms with Crippen LogP contribution in [0.4, 0.5) is 0 Å². The Hall–Kier alpha value is -2.59. The maximum atomic E-state index is 12.1. The third-order valence-electron chi connectivity index (χ3n) is 3.66. The van der Waals surface area contributed by atoms with Crippen LogP contribution in [0.25, 0.3) is 10.9 Å². The van der Waals surface area contributed by atoms with Crippen molar-refractivity contribution in [3.63, 3.8) is 0 Å². The lowest BCUT2D eigenvalue weighted by molar-refractivity contribution is 0.0938. The summed E-state index contributed by atoms with van der Waals surface area (Å²) in [5.74, 6) is -0.156. The largest absolute Gasteiger partial charge is 0.388 e. The smallest absolute Gasteiger partial charge is 0.267 e. The molecule has 4 nitrogen and oxygen atoms in total. The van der Waals surface area contributed by atoms with Gasteiger partial charge < -0.3 is 15.4 Å². The molecule has 4 heteroatoms. The maximum absolute atomic E-state index is 12.1. The van der Waals surface area contributed by atoms with E-state index in [9.17, 15) is 9.90 Å². The van der Waals surface area contributed by atoms with Crippen LogP contribution in [0.5, 0.6) is 0 Å². The molecular weight excluding hydrogens is 276 g/mol. The predicted molar refractivity (Wildman–Crippen MR) is 86.7 cm³/mol. The molecule has 0 aliphatic rings. The van der Waals surface area contributed by atoms with Crippen molar-refractivity contribution in [1.82, 2.24) is 10.3 Å². The zero-order chi connectivity index (χ0) is 15.4. The fraction of sp³-hybridized carbons (Fsp3) is 0.167. The Labute approximate surface area is 128 Å². The molecule has 0 saturated carbocycles. The molecule has 1 atom stereocenters. The number of aromatic nitrogens is 1. The van der Waals surface area contributed by atoms with Gasteiger partial charge in [-0.05, 0) is 24.1 Å². The molecule has 1 heterocycles. The second kappa shape index (κ2) is 6.45. The summed E-state index contributed by atoms with van der Waals surface area (Å²) in [6, 6.07) is 19.0. The maximum Gasteiger partial charge on any atom is 0.267 e. The first kappa shape index (κ1) is 14.4. The van der Waals surface area contributed by atoms with Crippen LogP contribution < -0.4 is 5.32 Å². The summed E-state index contributed by atoms with van der Waals surface area (Å²) >= 11 is 0. The third kappa shape index (κ3) is 3.18. The van der Waals surface area contributed by atoms with E-state index in [1.165, 1.54) is 0 Å². The Balaban J connectivity index is 1.56. The Morgan fingerprint density at radius 1 is 1.09 bits per heavy atom. The molecule has 1 amide bonds. The molecular formula is C18H18N2O2. The van der Waals surface area contributed by atoms with Gasteiger partial charge in [-0.25, -0.2) is 0 Å². The van der Waals surface area contributed by atoms with E-state index in [0.717, 1.165) is 16.5 Å². The van der Waals surface area contributed by atoms with Crippen molar-refractivity contribution in [2.45, 2.75) is 12.5 Å². The van der Waals surface area contributed by atoms with E-state index in [-0.39, 0.29) is 5.91 Å². The fourth-order valence-corrected chi connectivity index (χ4v) is 2.46. The minimum atomic E-state index is -0.566. The number of rotatable bonds is 5. The lowest BCUT2D eigenvalue weighted by Gasteiger charge is -2.11. The van der Waals surface area contributed by atoms with E-state index < -0.39 is 6.10 Å².